The summed E-state index contributed by atoms with van der Waals surface area (Å²) in [6.07, 6.45) is 0. The summed E-state index contributed by atoms with van der Waals surface area (Å²) in [7, 11) is -14.5. The van der Waals surface area contributed by atoms with E-state index in [4.69, 9.17) is 48.0 Å². The molecule has 0 spiro atoms. The number of rotatable bonds is 0. The molecule has 0 unspecified atom stereocenters. The quantitative estimate of drug-likeness (QED) is 0.223. The van der Waals surface area contributed by atoms with Gasteiger partial charge in [0.15, 0.2) is 0 Å². The Labute approximate surface area is 117 Å². The molecule has 0 aliphatic heterocycles. The molecule has 0 fully saturated rings. The smallest absolute Gasteiger partial charge is 0.759 e. The molecule has 17 heteroatoms. The second-order valence-electron chi connectivity index (χ2n) is 1.33. The molecule has 0 heterocycles. The topological polar surface area (TPSA) is 241 Å². The van der Waals surface area contributed by atoms with E-state index in [2.05, 4.69) is 5.14 Å². The molecule has 17 heavy (non-hydrogen) atoms. The van der Waals surface area contributed by atoms with E-state index in [1.54, 1.807) is 0 Å². The van der Waals surface area contributed by atoms with Crippen LogP contribution in [0, 0.1) is 0 Å². The minimum absolute atomic E-state index is 0. The molecule has 0 aromatic heterocycles. The largest absolute Gasteiger partial charge is 2.00 e. The maximum Gasteiger partial charge on any atom is 2.00 e. The van der Waals surface area contributed by atoms with Crippen molar-refractivity contribution in [2.45, 2.75) is 0 Å². The van der Waals surface area contributed by atoms with Crippen LogP contribution in [0.15, 0.2) is 0 Å². The molecule has 0 aromatic rings. The van der Waals surface area contributed by atoms with E-state index in [1.807, 2.05) is 0 Å². The van der Waals surface area contributed by atoms with E-state index in [-0.39, 0.29) is 33.3 Å². The van der Waals surface area contributed by atoms with Gasteiger partial charge in [-0.3, -0.25) is 21.4 Å². The van der Waals surface area contributed by atoms with Gasteiger partial charge in [-0.15, -0.1) is 0 Å². The molecule has 0 aliphatic rings. The fraction of sp³-hybridized carbons (Fsp3) is 0. The van der Waals surface area contributed by atoms with E-state index in [0.29, 0.717) is 0 Å². The molecular weight excluding hydrogens is 404 g/mol. The van der Waals surface area contributed by atoms with Gasteiger partial charge in [-0.25, -0.2) is 5.14 Å². The zero-order chi connectivity index (χ0) is 13.5. The third-order valence-corrected chi connectivity index (χ3v) is 0. The average molecular weight is 407 g/mol. The van der Waals surface area contributed by atoms with Crippen LogP contribution < -0.4 is 5.14 Å². The Morgan fingerprint density at radius 1 is 0.765 bits per heavy atom. The monoisotopic (exact) mass is 406 g/mol. The molecule has 3 N–H and O–H groups in total. The molecule has 0 saturated heterocycles. The molecular formula is H3CoNNiO11S3. The zero-order valence-electron chi connectivity index (χ0n) is 6.98. The van der Waals surface area contributed by atoms with Crippen LogP contribution in [0.2, 0.25) is 0 Å². The maximum atomic E-state index is 8.97. The molecule has 1 radical (unpaired) electrons. The Hall–Kier alpha value is 0.610. The molecule has 0 aromatic carbocycles. The second kappa shape index (κ2) is 11.7. The summed E-state index contributed by atoms with van der Waals surface area (Å²) in [5.74, 6) is 0. The van der Waals surface area contributed by atoms with Gasteiger partial charge in [0.25, 0.3) is 0 Å². The van der Waals surface area contributed by atoms with E-state index < -0.39 is 31.1 Å². The molecule has 0 atom stereocenters. The van der Waals surface area contributed by atoms with Crippen molar-refractivity contribution in [3.8, 4) is 0 Å². The van der Waals surface area contributed by atoms with Crippen molar-refractivity contribution in [3.63, 3.8) is 0 Å². The van der Waals surface area contributed by atoms with Crippen molar-refractivity contribution in [1.82, 2.24) is 0 Å². The van der Waals surface area contributed by atoms with Gasteiger partial charge in [0.2, 0.25) is 0 Å². The summed E-state index contributed by atoms with van der Waals surface area (Å²) in [5.41, 5.74) is 0. The second-order valence-corrected chi connectivity index (χ2v) is 3.99. The van der Waals surface area contributed by atoms with Crippen molar-refractivity contribution in [2.75, 3.05) is 0 Å². The number of nitrogens with two attached hydrogens (primary N) is 1. The Morgan fingerprint density at radius 3 is 0.765 bits per heavy atom. The summed E-state index contributed by atoms with van der Waals surface area (Å²) in [6, 6.07) is 0. The first kappa shape index (κ1) is 30.6. The van der Waals surface area contributed by atoms with Crippen LogP contribution in [0.5, 0.6) is 0 Å². The van der Waals surface area contributed by atoms with Gasteiger partial charge < -0.3 is 18.2 Å². The van der Waals surface area contributed by atoms with Gasteiger partial charge in [-0.05, 0) is 0 Å². The van der Waals surface area contributed by atoms with Crippen molar-refractivity contribution < 1.29 is 81.3 Å². The van der Waals surface area contributed by atoms with Crippen molar-refractivity contribution >= 4 is 31.1 Å². The predicted molar refractivity (Wildman–Crippen MR) is 36.7 cm³/mol. The number of hydrogen-bond acceptors (Lipinski definition) is 10. The van der Waals surface area contributed by atoms with Crippen LogP contribution >= 0.6 is 0 Å². The molecule has 0 saturated carbocycles. The summed E-state index contributed by atoms with van der Waals surface area (Å²) in [6.45, 7) is 0. The van der Waals surface area contributed by atoms with Crippen LogP contribution in [-0.4, -0.2) is 48.0 Å². The first-order chi connectivity index (χ1) is 6.00. The van der Waals surface area contributed by atoms with Crippen LogP contribution in [0.4, 0.5) is 0 Å². The molecule has 0 bridgehead atoms. The van der Waals surface area contributed by atoms with Crippen molar-refractivity contribution in [2.24, 2.45) is 5.14 Å². The summed E-state index contributed by atoms with van der Waals surface area (Å²) in [5, 5.41) is 3.88. The maximum absolute atomic E-state index is 8.97. The van der Waals surface area contributed by atoms with Crippen molar-refractivity contribution in [1.29, 1.82) is 0 Å². The fourth-order valence-corrected chi connectivity index (χ4v) is 0. The Bertz CT molecular complexity index is 348. The zero-order valence-corrected chi connectivity index (χ0v) is 11.5. The molecule has 0 rings (SSSR count). The molecule has 111 valence electrons. The Kier molecular flexibility index (Phi) is 21.0. The van der Waals surface area contributed by atoms with Crippen LogP contribution in [0.25, 0.3) is 0 Å². The summed E-state index contributed by atoms with van der Waals surface area (Å²) in [4.78, 5) is 0. The summed E-state index contributed by atoms with van der Waals surface area (Å²) >= 11 is 0. The molecule has 12 nitrogen and oxygen atoms in total. The molecule has 0 aliphatic carbocycles. The third kappa shape index (κ3) is 9530. The van der Waals surface area contributed by atoms with Gasteiger partial charge in [0.05, 0.1) is 0 Å². The van der Waals surface area contributed by atoms with Crippen molar-refractivity contribution in [3.05, 3.63) is 0 Å². The average Bonchev–Trinajstić information content (AvgIpc) is 1.41. The minimum atomic E-state index is -5.17. The summed E-state index contributed by atoms with van der Waals surface area (Å²) < 4.78 is 93.4. The van der Waals surface area contributed by atoms with Crippen LogP contribution in [0.1, 0.15) is 0 Å². The predicted octanol–water partition coefficient (Wildman–Crippen LogP) is -3.93. The Morgan fingerprint density at radius 2 is 0.765 bits per heavy atom. The minimum Gasteiger partial charge on any atom is -0.759 e. The van der Waals surface area contributed by atoms with Gasteiger partial charge in [0, 0.05) is 20.8 Å². The van der Waals surface area contributed by atoms with Gasteiger partial charge in [-0.2, -0.15) is 8.42 Å². The van der Waals surface area contributed by atoms with Gasteiger partial charge >= 0.3 is 43.6 Å². The first-order valence-electron chi connectivity index (χ1n) is 2.08. The SMILES string of the molecule is NS(=O)(=O)O.O=S(=O)([O-])[O-].O=S(=O)([O-])[O-].[Co+2].[Ni+2]. The van der Waals surface area contributed by atoms with Gasteiger partial charge in [-0.1, -0.05) is 0 Å². The fourth-order valence-electron chi connectivity index (χ4n) is 0. The molecule has 0 amide bonds. The van der Waals surface area contributed by atoms with E-state index >= 15 is 0 Å². The normalized spacial score (nSPS) is 10.2. The standard InChI is InChI=1S/Co.H3NO3S.Ni.2H2O4S/c;1-5(2,3)4;;2*1-5(2,3)4/h;(H3,1,2,3,4);;2*(H2,1,2,3,4)/q+2;;+2;;/p-4. The van der Waals surface area contributed by atoms with Crippen LogP contribution in [-0.2, 0) is 64.4 Å². The van der Waals surface area contributed by atoms with E-state index in [0.717, 1.165) is 0 Å². The Balaban J connectivity index is -0.0000000400. The third-order valence-electron chi connectivity index (χ3n) is 0. The first-order valence-corrected chi connectivity index (χ1v) is 6.25. The van der Waals surface area contributed by atoms with E-state index in [9.17, 15) is 0 Å². The van der Waals surface area contributed by atoms with E-state index in [1.165, 1.54) is 0 Å². The number of hydrogen-bond donors (Lipinski definition) is 2. The van der Waals surface area contributed by atoms with Crippen LogP contribution in [0.3, 0.4) is 0 Å². The van der Waals surface area contributed by atoms with Gasteiger partial charge in [0.1, 0.15) is 0 Å².